The lowest BCUT2D eigenvalue weighted by Crippen LogP contribution is -2.29. The van der Waals surface area contributed by atoms with Crippen molar-refractivity contribution in [2.24, 2.45) is 0 Å². The van der Waals surface area contributed by atoms with E-state index < -0.39 is 28.6 Å². The smallest absolute Gasteiger partial charge is 0.337 e. The highest BCUT2D eigenvalue weighted by Gasteiger charge is 2.37. The molecule has 2 N–H and O–H groups in total. The van der Waals surface area contributed by atoms with Gasteiger partial charge >= 0.3 is 5.97 Å². The maximum Gasteiger partial charge on any atom is 0.337 e. The van der Waals surface area contributed by atoms with Crippen LogP contribution in [-0.4, -0.2) is 59.1 Å². The van der Waals surface area contributed by atoms with Gasteiger partial charge in [-0.05, 0) is 66.7 Å². The highest BCUT2D eigenvalue weighted by atomic mass is 16.6. The number of anilines is 2. The number of carboxylic acid groups (broad SMARTS) is 1. The number of aromatic carboxylic acids is 1. The summed E-state index contributed by atoms with van der Waals surface area (Å²) < 4.78 is 5.69. The van der Waals surface area contributed by atoms with Crippen molar-refractivity contribution in [1.29, 1.82) is 0 Å². The molecule has 1 aliphatic rings. The molecule has 4 amide bonds. The Morgan fingerprint density at radius 3 is 2.07 bits per heavy atom. The summed E-state index contributed by atoms with van der Waals surface area (Å²) in [7, 11) is 3.38. The third kappa shape index (κ3) is 6.74. The second-order valence-electron chi connectivity index (χ2n) is 9.43. The van der Waals surface area contributed by atoms with Gasteiger partial charge in [-0.25, -0.2) is 9.69 Å². The average Bonchev–Trinajstić information content (AvgIpc) is 3.26. The van der Waals surface area contributed by atoms with Gasteiger partial charge in [-0.15, -0.1) is 0 Å². The van der Waals surface area contributed by atoms with Crippen LogP contribution in [-0.2, 0) is 4.79 Å². The van der Waals surface area contributed by atoms with E-state index in [1.165, 1.54) is 83.8 Å². The molecule has 1 aliphatic heterocycles. The maximum atomic E-state index is 13.1. The number of non-ortho nitro benzene ring substituents is 1. The normalized spacial score (nSPS) is 11.5. The molecule has 0 saturated heterocycles. The number of nitrogens with zero attached hydrogens (tertiary/aromatic N) is 3. The standard InChI is InChI=1S/C28H17N3O8.C3H7NO/c32-25(29-24-4-2-1-3-22(24)28(35)36)16-5-7-17(8-6-16)30-26(33)21-14-13-20(15-23(21)27(30)34)39-19-11-9-18(10-12-19)31(37)38;1-4(2)3-5/h1-15H,(H,29,32)(H,35,36);3H,1-2H3. The van der Waals surface area contributed by atoms with Crippen LogP contribution in [0.25, 0.3) is 0 Å². The molecule has 4 aromatic carbocycles. The maximum absolute atomic E-state index is 13.1. The van der Waals surface area contributed by atoms with Crippen molar-refractivity contribution in [3.05, 3.63) is 123 Å². The Morgan fingerprint density at radius 1 is 0.886 bits per heavy atom. The molecule has 5 rings (SSSR count). The summed E-state index contributed by atoms with van der Waals surface area (Å²) in [5.74, 6) is -2.31. The monoisotopic (exact) mass is 596 g/mol. The van der Waals surface area contributed by atoms with Crippen molar-refractivity contribution in [3.8, 4) is 11.5 Å². The molecule has 0 bridgehead atoms. The van der Waals surface area contributed by atoms with Crippen LogP contribution in [0.5, 0.6) is 11.5 Å². The molecule has 13 nitrogen and oxygen atoms in total. The predicted molar refractivity (Wildman–Crippen MR) is 158 cm³/mol. The van der Waals surface area contributed by atoms with Gasteiger partial charge in [-0.1, -0.05) is 12.1 Å². The number of hydrogen-bond donors (Lipinski definition) is 2. The van der Waals surface area contributed by atoms with E-state index in [1.54, 1.807) is 26.2 Å². The molecular weight excluding hydrogens is 572 g/mol. The number of para-hydroxylation sites is 1. The Morgan fingerprint density at radius 2 is 1.48 bits per heavy atom. The van der Waals surface area contributed by atoms with Crippen molar-refractivity contribution in [3.63, 3.8) is 0 Å². The van der Waals surface area contributed by atoms with E-state index in [0.29, 0.717) is 5.75 Å². The summed E-state index contributed by atoms with van der Waals surface area (Å²) >= 11 is 0. The molecule has 13 heteroatoms. The van der Waals surface area contributed by atoms with E-state index in [0.717, 1.165) is 11.3 Å². The fraction of sp³-hybridized carbons (Fsp3) is 0.0645. The predicted octanol–water partition coefficient (Wildman–Crippen LogP) is 4.84. The van der Waals surface area contributed by atoms with Gasteiger partial charge < -0.3 is 20.1 Å². The van der Waals surface area contributed by atoms with Gasteiger partial charge in [0.05, 0.1) is 33.0 Å². The third-order valence-corrected chi connectivity index (χ3v) is 6.15. The lowest BCUT2D eigenvalue weighted by atomic mass is 10.1. The van der Waals surface area contributed by atoms with E-state index in [2.05, 4.69) is 5.32 Å². The zero-order chi connectivity index (χ0) is 32.0. The van der Waals surface area contributed by atoms with E-state index in [9.17, 15) is 39.2 Å². The Hall–Kier alpha value is -6.37. The minimum atomic E-state index is -1.19. The van der Waals surface area contributed by atoms with Crippen LogP contribution in [0.3, 0.4) is 0 Å². The van der Waals surface area contributed by atoms with Gasteiger partial charge in [0.2, 0.25) is 6.41 Å². The molecular formula is C31H24N4O9. The lowest BCUT2D eigenvalue weighted by Gasteiger charge is -2.14. The topological polar surface area (TPSA) is 176 Å². The lowest BCUT2D eigenvalue weighted by molar-refractivity contribution is -0.384. The number of amides is 4. The fourth-order valence-corrected chi connectivity index (χ4v) is 4.02. The Bertz CT molecular complexity index is 1770. The number of carbonyl (C=O) groups is 5. The first kappa shape index (κ1) is 30.6. The number of fused-ring (bicyclic) bond motifs is 1. The van der Waals surface area contributed by atoms with Crippen LogP contribution in [0.4, 0.5) is 17.1 Å². The Kier molecular flexibility index (Phi) is 9.09. The van der Waals surface area contributed by atoms with E-state index in [-0.39, 0.29) is 45.1 Å². The number of rotatable bonds is 8. The van der Waals surface area contributed by atoms with Crippen molar-refractivity contribution < 1.29 is 38.7 Å². The number of nitro groups is 1. The van der Waals surface area contributed by atoms with E-state index in [4.69, 9.17) is 4.74 Å². The van der Waals surface area contributed by atoms with Crippen LogP contribution < -0.4 is 15.0 Å². The number of nitro benzene ring substituents is 1. The van der Waals surface area contributed by atoms with Gasteiger partial charge in [0.1, 0.15) is 11.5 Å². The van der Waals surface area contributed by atoms with Gasteiger partial charge in [-0.3, -0.25) is 29.3 Å². The summed E-state index contributed by atoms with van der Waals surface area (Å²) in [6, 6.07) is 21.5. The molecule has 0 saturated carbocycles. The average molecular weight is 597 g/mol. The van der Waals surface area contributed by atoms with E-state index >= 15 is 0 Å². The van der Waals surface area contributed by atoms with Crippen molar-refractivity contribution >= 4 is 47.2 Å². The Balaban J connectivity index is 0.000000818. The van der Waals surface area contributed by atoms with Crippen LogP contribution >= 0.6 is 0 Å². The molecule has 0 aromatic heterocycles. The van der Waals surface area contributed by atoms with Crippen molar-refractivity contribution in [2.75, 3.05) is 24.3 Å². The first-order chi connectivity index (χ1) is 21.0. The fourth-order valence-electron chi connectivity index (χ4n) is 4.02. The molecule has 1 heterocycles. The summed E-state index contributed by atoms with van der Waals surface area (Å²) in [5, 5.41) is 22.7. The van der Waals surface area contributed by atoms with E-state index in [1.807, 2.05) is 0 Å². The van der Waals surface area contributed by atoms with Crippen LogP contribution in [0, 0.1) is 10.1 Å². The molecule has 0 atom stereocenters. The first-order valence-electron chi connectivity index (χ1n) is 12.8. The number of ether oxygens (including phenoxy) is 1. The molecule has 4 aromatic rings. The van der Waals surface area contributed by atoms with Crippen LogP contribution in [0.15, 0.2) is 91.0 Å². The molecule has 0 radical (unpaired) electrons. The molecule has 222 valence electrons. The zero-order valence-electron chi connectivity index (χ0n) is 23.3. The van der Waals surface area contributed by atoms with Gasteiger partial charge in [0.25, 0.3) is 23.4 Å². The van der Waals surface area contributed by atoms with Crippen LogP contribution in [0.2, 0.25) is 0 Å². The number of benzene rings is 4. The minimum Gasteiger partial charge on any atom is -0.478 e. The number of hydrogen-bond acceptors (Lipinski definition) is 8. The SMILES string of the molecule is CN(C)C=O.O=C(Nc1ccccc1C(=O)O)c1ccc(N2C(=O)c3ccc(Oc4ccc([N+](=O)[O-])cc4)cc3C2=O)cc1. The Labute approximate surface area is 250 Å². The number of imide groups is 1. The largest absolute Gasteiger partial charge is 0.478 e. The summed E-state index contributed by atoms with van der Waals surface area (Å²) in [4.78, 5) is 72.3. The highest BCUT2D eigenvalue weighted by Crippen LogP contribution is 2.33. The first-order valence-corrected chi connectivity index (χ1v) is 12.8. The summed E-state index contributed by atoms with van der Waals surface area (Å²) in [5.41, 5.74) is 0.684. The molecule has 0 fully saturated rings. The van der Waals surface area contributed by atoms with Crippen LogP contribution in [0.1, 0.15) is 41.4 Å². The van der Waals surface area contributed by atoms with Gasteiger partial charge in [0, 0.05) is 31.8 Å². The van der Waals surface area contributed by atoms with Crippen molar-refractivity contribution in [2.45, 2.75) is 0 Å². The van der Waals surface area contributed by atoms with Gasteiger partial charge in [-0.2, -0.15) is 0 Å². The highest BCUT2D eigenvalue weighted by molar-refractivity contribution is 6.34. The zero-order valence-corrected chi connectivity index (χ0v) is 23.3. The molecule has 44 heavy (non-hydrogen) atoms. The summed E-state index contributed by atoms with van der Waals surface area (Å²) in [6.45, 7) is 0. The van der Waals surface area contributed by atoms with Crippen molar-refractivity contribution in [1.82, 2.24) is 4.90 Å². The third-order valence-electron chi connectivity index (χ3n) is 6.15. The molecule has 0 spiro atoms. The van der Waals surface area contributed by atoms with Gasteiger partial charge in [0.15, 0.2) is 0 Å². The minimum absolute atomic E-state index is 0.0644. The quantitative estimate of drug-likeness (QED) is 0.125. The second kappa shape index (κ2) is 13.1. The molecule has 0 unspecified atom stereocenters. The number of nitrogens with one attached hydrogen (secondary N) is 1. The number of carbonyl (C=O) groups excluding carboxylic acids is 4. The molecule has 0 aliphatic carbocycles. The second-order valence-corrected chi connectivity index (χ2v) is 9.43. The number of carboxylic acids is 1. The summed E-state index contributed by atoms with van der Waals surface area (Å²) in [6.07, 6.45) is 0.750.